The molecule has 0 aliphatic carbocycles. The second-order valence-corrected chi connectivity index (χ2v) is 4.76. The summed E-state index contributed by atoms with van der Waals surface area (Å²) in [4.78, 5) is 0. The standard InChI is InChI=1S/C8H8F3NO2S/c1-2-15(13,14)12-8-4-6(10)5(9)3-7(8)11/h3-4,12H,2H2,1H3. The molecule has 0 aliphatic rings. The van der Waals surface area contributed by atoms with E-state index in [1.54, 1.807) is 4.72 Å². The van der Waals surface area contributed by atoms with Crippen LogP contribution in [0.4, 0.5) is 18.9 Å². The van der Waals surface area contributed by atoms with Gasteiger partial charge in [0.15, 0.2) is 11.6 Å². The van der Waals surface area contributed by atoms with Crippen LogP contribution in [0.15, 0.2) is 12.1 Å². The number of sulfonamides is 1. The Morgan fingerprint density at radius 3 is 2.20 bits per heavy atom. The van der Waals surface area contributed by atoms with Crippen LogP contribution in [0.25, 0.3) is 0 Å². The van der Waals surface area contributed by atoms with E-state index >= 15 is 0 Å². The summed E-state index contributed by atoms with van der Waals surface area (Å²) in [6.45, 7) is 1.33. The Morgan fingerprint density at radius 2 is 1.67 bits per heavy atom. The van der Waals surface area contributed by atoms with Crippen molar-refractivity contribution in [2.45, 2.75) is 6.92 Å². The normalized spacial score (nSPS) is 11.5. The van der Waals surface area contributed by atoms with Crippen molar-refractivity contribution in [2.75, 3.05) is 10.5 Å². The van der Waals surface area contributed by atoms with Gasteiger partial charge in [-0.25, -0.2) is 21.6 Å². The molecule has 1 N–H and O–H groups in total. The molecule has 0 aliphatic heterocycles. The van der Waals surface area contributed by atoms with Gasteiger partial charge >= 0.3 is 0 Å². The summed E-state index contributed by atoms with van der Waals surface area (Å²) in [6.07, 6.45) is 0. The Morgan fingerprint density at radius 1 is 1.13 bits per heavy atom. The van der Waals surface area contributed by atoms with E-state index in [1.165, 1.54) is 6.92 Å². The van der Waals surface area contributed by atoms with E-state index < -0.39 is 33.2 Å². The maximum absolute atomic E-state index is 13.0. The maximum atomic E-state index is 13.0. The third-order valence-corrected chi connectivity index (χ3v) is 2.95. The summed E-state index contributed by atoms with van der Waals surface area (Å²) in [5.41, 5.74) is -0.601. The summed E-state index contributed by atoms with van der Waals surface area (Å²) >= 11 is 0. The Labute approximate surface area is 85.0 Å². The molecule has 3 nitrogen and oxygen atoms in total. The minimum atomic E-state index is -3.70. The highest BCUT2D eigenvalue weighted by Crippen LogP contribution is 2.19. The van der Waals surface area contributed by atoms with Crippen LogP contribution in [0, 0.1) is 17.5 Å². The lowest BCUT2D eigenvalue weighted by Crippen LogP contribution is -2.16. The Bertz CT molecular complexity index is 473. The van der Waals surface area contributed by atoms with Gasteiger partial charge in [0.1, 0.15) is 5.82 Å². The van der Waals surface area contributed by atoms with E-state index in [0.717, 1.165) is 0 Å². The Hall–Kier alpha value is -1.24. The van der Waals surface area contributed by atoms with E-state index in [-0.39, 0.29) is 11.8 Å². The van der Waals surface area contributed by atoms with E-state index in [2.05, 4.69) is 0 Å². The summed E-state index contributed by atoms with van der Waals surface area (Å²) < 4.78 is 61.9. The highest BCUT2D eigenvalue weighted by molar-refractivity contribution is 7.92. The first-order valence-corrected chi connectivity index (χ1v) is 5.66. The molecule has 0 saturated heterocycles. The van der Waals surface area contributed by atoms with Crippen LogP contribution in [0.2, 0.25) is 0 Å². The molecule has 0 unspecified atom stereocenters. The molecule has 0 spiro atoms. The zero-order chi connectivity index (χ0) is 11.6. The lowest BCUT2D eigenvalue weighted by molar-refractivity contribution is 0.496. The number of hydrogen-bond donors (Lipinski definition) is 1. The van der Waals surface area contributed by atoms with Gasteiger partial charge in [0.05, 0.1) is 11.4 Å². The monoisotopic (exact) mass is 239 g/mol. The van der Waals surface area contributed by atoms with Crippen molar-refractivity contribution >= 4 is 15.7 Å². The van der Waals surface area contributed by atoms with Crippen LogP contribution in [0.1, 0.15) is 6.92 Å². The molecule has 0 saturated carbocycles. The quantitative estimate of drug-likeness (QED) is 0.818. The Kier molecular flexibility index (Phi) is 3.23. The van der Waals surface area contributed by atoms with Crippen molar-refractivity contribution in [2.24, 2.45) is 0 Å². The van der Waals surface area contributed by atoms with Crippen molar-refractivity contribution in [3.63, 3.8) is 0 Å². The number of hydrogen-bond acceptors (Lipinski definition) is 2. The number of anilines is 1. The Balaban J connectivity index is 3.12. The summed E-state index contributed by atoms with van der Waals surface area (Å²) in [6, 6.07) is 0.737. The van der Waals surface area contributed by atoms with Gasteiger partial charge in [-0.05, 0) is 6.92 Å². The molecule has 15 heavy (non-hydrogen) atoms. The van der Waals surface area contributed by atoms with Crippen molar-refractivity contribution < 1.29 is 21.6 Å². The molecule has 7 heteroatoms. The average Bonchev–Trinajstić information content (AvgIpc) is 2.14. The van der Waals surface area contributed by atoms with Crippen molar-refractivity contribution in [3.05, 3.63) is 29.6 Å². The maximum Gasteiger partial charge on any atom is 0.232 e. The van der Waals surface area contributed by atoms with Gasteiger partial charge in [0.2, 0.25) is 10.0 Å². The van der Waals surface area contributed by atoms with Gasteiger partial charge in [-0.15, -0.1) is 0 Å². The zero-order valence-electron chi connectivity index (χ0n) is 7.72. The molecule has 0 fully saturated rings. The van der Waals surface area contributed by atoms with Crippen LogP contribution in [-0.2, 0) is 10.0 Å². The van der Waals surface area contributed by atoms with E-state index in [0.29, 0.717) is 6.07 Å². The second-order valence-electron chi connectivity index (χ2n) is 2.75. The molecule has 0 amide bonds. The molecule has 0 atom stereocenters. The van der Waals surface area contributed by atoms with E-state index in [4.69, 9.17) is 0 Å². The smallest absolute Gasteiger partial charge is 0.232 e. The first-order chi connectivity index (χ1) is 6.85. The fourth-order valence-electron chi connectivity index (χ4n) is 0.840. The molecule has 1 aromatic carbocycles. The first kappa shape index (κ1) is 11.8. The molecular weight excluding hydrogens is 231 g/mol. The van der Waals surface area contributed by atoms with Crippen LogP contribution in [0.3, 0.4) is 0 Å². The third-order valence-electron chi connectivity index (χ3n) is 1.66. The molecule has 0 radical (unpaired) electrons. The van der Waals surface area contributed by atoms with Crippen LogP contribution < -0.4 is 4.72 Å². The topological polar surface area (TPSA) is 46.2 Å². The molecule has 0 heterocycles. The predicted molar refractivity (Wildman–Crippen MR) is 49.4 cm³/mol. The van der Waals surface area contributed by atoms with E-state index in [1.807, 2.05) is 0 Å². The fourth-order valence-corrected chi connectivity index (χ4v) is 1.48. The SMILES string of the molecule is CCS(=O)(=O)Nc1cc(F)c(F)cc1F. The van der Waals surface area contributed by atoms with Crippen LogP contribution in [0.5, 0.6) is 0 Å². The fraction of sp³-hybridized carbons (Fsp3) is 0.250. The van der Waals surface area contributed by atoms with Crippen molar-refractivity contribution in [1.29, 1.82) is 0 Å². The summed E-state index contributed by atoms with van der Waals surface area (Å²) in [7, 11) is -3.70. The number of benzene rings is 1. The minimum Gasteiger partial charge on any atom is -0.280 e. The summed E-state index contributed by atoms with van der Waals surface area (Å²) in [5, 5.41) is 0. The lowest BCUT2D eigenvalue weighted by atomic mass is 10.3. The highest BCUT2D eigenvalue weighted by Gasteiger charge is 2.14. The second kappa shape index (κ2) is 4.09. The van der Waals surface area contributed by atoms with Crippen LogP contribution >= 0.6 is 0 Å². The molecule has 1 aromatic rings. The van der Waals surface area contributed by atoms with Gasteiger partial charge in [0.25, 0.3) is 0 Å². The molecule has 0 bridgehead atoms. The number of nitrogens with one attached hydrogen (secondary N) is 1. The van der Waals surface area contributed by atoms with Gasteiger partial charge in [-0.2, -0.15) is 0 Å². The highest BCUT2D eigenvalue weighted by atomic mass is 32.2. The molecule has 84 valence electrons. The van der Waals surface area contributed by atoms with Crippen LogP contribution in [-0.4, -0.2) is 14.2 Å². The van der Waals surface area contributed by atoms with E-state index in [9.17, 15) is 21.6 Å². The predicted octanol–water partition coefficient (Wildman–Crippen LogP) is 1.87. The average molecular weight is 239 g/mol. The molecular formula is C8H8F3NO2S. The van der Waals surface area contributed by atoms with Crippen molar-refractivity contribution in [3.8, 4) is 0 Å². The van der Waals surface area contributed by atoms with Crippen molar-refractivity contribution in [1.82, 2.24) is 0 Å². The number of halogens is 3. The lowest BCUT2D eigenvalue weighted by Gasteiger charge is -2.07. The molecule has 0 aromatic heterocycles. The number of rotatable bonds is 3. The first-order valence-electron chi connectivity index (χ1n) is 4.00. The van der Waals surface area contributed by atoms with Gasteiger partial charge in [-0.1, -0.05) is 0 Å². The summed E-state index contributed by atoms with van der Waals surface area (Å²) in [5.74, 6) is -4.13. The minimum absolute atomic E-state index is 0.281. The zero-order valence-corrected chi connectivity index (χ0v) is 8.54. The van der Waals surface area contributed by atoms with Gasteiger partial charge < -0.3 is 0 Å². The van der Waals surface area contributed by atoms with Gasteiger partial charge in [0, 0.05) is 12.1 Å². The third kappa shape index (κ3) is 2.85. The molecule has 1 rings (SSSR count). The van der Waals surface area contributed by atoms with Gasteiger partial charge in [-0.3, -0.25) is 4.72 Å². The largest absolute Gasteiger partial charge is 0.280 e.